The Hall–Kier alpha value is -2.38. The summed E-state index contributed by atoms with van der Waals surface area (Å²) in [5.41, 5.74) is -0.518. The summed E-state index contributed by atoms with van der Waals surface area (Å²) >= 11 is 0. The van der Waals surface area contributed by atoms with Crippen LogP contribution in [-0.2, 0) is 4.74 Å². The molecule has 1 aliphatic heterocycles. The molecule has 0 radical (unpaired) electrons. The third-order valence-corrected chi connectivity index (χ3v) is 3.16. The van der Waals surface area contributed by atoms with E-state index in [0.29, 0.717) is 32.0 Å². The van der Waals surface area contributed by atoms with E-state index in [2.05, 4.69) is 4.98 Å². The van der Waals surface area contributed by atoms with Crippen LogP contribution in [0, 0.1) is 10.1 Å². The van der Waals surface area contributed by atoms with Crippen LogP contribution in [0.4, 0.5) is 16.4 Å². The van der Waals surface area contributed by atoms with Gasteiger partial charge >= 0.3 is 11.9 Å². The van der Waals surface area contributed by atoms with Gasteiger partial charge in [-0.05, 0) is 36.7 Å². The number of ether oxygens (including phenoxy) is 1. The van der Waals surface area contributed by atoms with Gasteiger partial charge in [-0.15, -0.1) is 0 Å². The molecule has 0 bridgehead atoms. The summed E-state index contributed by atoms with van der Waals surface area (Å²) in [4.78, 5) is 29.8. The first kappa shape index (κ1) is 16.0. The number of nitrogens with zero attached hydrogens (tertiary/aromatic N) is 4. The van der Waals surface area contributed by atoms with E-state index in [1.807, 2.05) is 25.7 Å². The van der Waals surface area contributed by atoms with Crippen LogP contribution in [-0.4, -0.2) is 52.7 Å². The number of carbonyl (C=O) groups is 1. The van der Waals surface area contributed by atoms with E-state index in [0.717, 1.165) is 0 Å². The maximum Gasteiger partial charge on any atom is 0.410 e. The molecule has 2 rings (SSSR count). The van der Waals surface area contributed by atoms with Gasteiger partial charge in [-0.25, -0.2) is 4.79 Å². The average Bonchev–Trinajstić information content (AvgIpc) is 2.46. The molecule has 8 nitrogen and oxygen atoms in total. The van der Waals surface area contributed by atoms with Crippen LogP contribution < -0.4 is 4.90 Å². The molecule has 1 aromatic rings. The van der Waals surface area contributed by atoms with E-state index in [-0.39, 0.29) is 11.9 Å². The topological polar surface area (TPSA) is 88.8 Å². The molecule has 8 heteroatoms. The van der Waals surface area contributed by atoms with Crippen molar-refractivity contribution in [1.82, 2.24) is 9.88 Å². The van der Waals surface area contributed by atoms with Crippen molar-refractivity contribution in [3.05, 3.63) is 28.3 Å². The van der Waals surface area contributed by atoms with E-state index in [1.165, 1.54) is 6.07 Å². The van der Waals surface area contributed by atoms with Crippen molar-refractivity contribution >= 4 is 17.7 Å². The normalized spacial score (nSPS) is 15.6. The molecule has 1 aliphatic rings. The van der Waals surface area contributed by atoms with Crippen molar-refractivity contribution in [2.75, 3.05) is 31.1 Å². The molecular formula is C14H20N4O4. The van der Waals surface area contributed by atoms with Crippen molar-refractivity contribution in [2.45, 2.75) is 26.4 Å². The Morgan fingerprint density at radius 1 is 1.27 bits per heavy atom. The van der Waals surface area contributed by atoms with Gasteiger partial charge in [-0.2, -0.15) is 0 Å². The van der Waals surface area contributed by atoms with E-state index in [9.17, 15) is 14.9 Å². The summed E-state index contributed by atoms with van der Waals surface area (Å²) < 4.78 is 5.33. The zero-order chi connectivity index (χ0) is 16.3. The maximum absolute atomic E-state index is 12.0. The number of anilines is 1. The number of pyridine rings is 1. The molecule has 120 valence electrons. The zero-order valence-electron chi connectivity index (χ0n) is 13.0. The smallest absolute Gasteiger partial charge is 0.410 e. The molecule has 1 saturated heterocycles. The monoisotopic (exact) mass is 308 g/mol. The molecule has 0 unspecified atom stereocenters. The first-order valence-electron chi connectivity index (χ1n) is 7.10. The molecule has 1 amide bonds. The van der Waals surface area contributed by atoms with E-state index in [4.69, 9.17) is 4.74 Å². The Bertz CT molecular complexity index is 562. The number of carbonyl (C=O) groups excluding carboxylic acids is 1. The van der Waals surface area contributed by atoms with Gasteiger partial charge in [0.2, 0.25) is 5.82 Å². The highest BCUT2D eigenvalue weighted by Crippen LogP contribution is 2.18. The summed E-state index contributed by atoms with van der Waals surface area (Å²) in [6, 6.07) is 4.71. The largest absolute Gasteiger partial charge is 0.444 e. The van der Waals surface area contributed by atoms with Crippen molar-refractivity contribution in [3.8, 4) is 0 Å². The van der Waals surface area contributed by atoms with Crippen molar-refractivity contribution < 1.29 is 14.5 Å². The number of aromatic nitrogens is 1. The molecule has 0 saturated carbocycles. The average molecular weight is 308 g/mol. The lowest BCUT2D eigenvalue weighted by atomic mass is 10.2. The molecule has 1 aromatic heterocycles. The molecule has 0 atom stereocenters. The van der Waals surface area contributed by atoms with Crippen molar-refractivity contribution in [3.63, 3.8) is 0 Å². The number of hydrogen-bond acceptors (Lipinski definition) is 6. The maximum atomic E-state index is 12.0. The van der Waals surface area contributed by atoms with E-state index >= 15 is 0 Å². The van der Waals surface area contributed by atoms with Gasteiger partial charge in [0, 0.05) is 38.3 Å². The molecule has 0 aromatic carbocycles. The number of hydrogen-bond donors (Lipinski definition) is 0. The van der Waals surface area contributed by atoms with Crippen molar-refractivity contribution in [2.24, 2.45) is 0 Å². The minimum atomic E-state index is -0.518. The third kappa shape index (κ3) is 4.06. The predicted molar refractivity (Wildman–Crippen MR) is 80.9 cm³/mol. The van der Waals surface area contributed by atoms with Crippen LogP contribution in [0.1, 0.15) is 20.8 Å². The first-order chi connectivity index (χ1) is 10.3. The predicted octanol–water partition coefficient (Wildman–Crippen LogP) is 2.05. The fourth-order valence-electron chi connectivity index (χ4n) is 2.13. The molecular weight excluding hydrogens is 288 g/mol. The molecule has 0 aliphatic carbocycles. The Morgan fingerprint density at radius 2 is 1.91 bits per heavy atom. The van der Waals surface area contributed by atoms with E-state index < -0.39 is 10.5 Å². The molecule has 1 fully saturated rings. The number of amides is 1. The molecule has 0 N–H and O–H groups in total. The minimum Gasteiger partial charge on any atom is -0.444 e. The quantitative estimate of drug-likeness (QED) is 0.613. The number of nitro groups is 1. The summed E-state index contributed by atoms with van der Waals surface area (Å²) in [5, 5.41) is 10.8. The standard InChI is InChI=1S/C14H20N4O4/c1-14(2,3)22-13(19)17-9-7-16(8-10-17)11-5-4-6-12(15-11)18(20)21/h4-6H,7-10H2,1-3H3. The van der Waals surface area contributed by atoms with Crippen molar-refractivity contribution in [1.29, 1.82) is 0 Å². The minimum absolute atomic E-state index is 0.174. The lowest BCUT2D eigenvalue weighted by Crippen LogP contribution is -2.50. The SMILES string of the molecule is CC(C)(C)OC(=O)N1CCN(c2cccc([N+](=O)[O-])n2)CC1. The van der Waals surface area contributed by atoms with Crippen LogP contribution in [0.25, 0.3) is 0 Å². The second kappa shape index (κ2) is 6.17. The lowest BCUT2D eigenvalue weighted by molar-refractivity contribution is -0.389. The molecule has 0 spiro atoms. The lowest BCUT2D eigenvalue weighted by Gasteiger charge is -2.35. The summed E-state index contributed by atoms with van der Waals surface area (Å²) in [5.74, 6) is 0.380. The number of rotatable bonds is 2. The highest BCUT2D eigenvalue weighted by Gasteiger charge is 2.27. The van der Waals surface area contributed by atoms with Crippen LogP contribution in [0.5, 0.6) is 0 Å². The molecule has 22 heavy (non-hydrogen) atoms. The fraction of sp³-hybridized carbons (Fsp3) is 0.571. The van der Waals surface area contributed by atoms with Gasteiger partial charge < -0.3 is 24.7 Å². The fourth-order valence-corrected chi connectivity index (χ4v) is 2.13. The van der Waals surface area contributed by atoms with Gasteiger partial charge in [0.25, 0.3) is 0 Å². The first-order valence-corrected chi connectivity index (χ1v) is 7.10. The van der Waals surface area contributed by atoms with Crippen LogP contribution in [0.15, 0.2) is 18.2 Å². The van der Waals surface area contributed by atoms with Gasteiger partial charge in [0.15, 0.2) is 0 Å². The molecule has 2 heterocycles. The highest BCUT2D eigenvalue weighted by molar-refractivity contribution is 5.68. The van der Waals surface area contributed by atoms with Gasteiger partial charge in [0.1, 0.15) is 5.60 Å². The summed E-state index contributed by atoms with van der Waals surface area (Å²) in [6.07, 6.45) is -0.334. The van der Waals surface area contributed by atoms with Crippen LogP contribution in [0.2, 0.25) is 0 Å². The number of piperazine rings is 1. The van der Waals surface area contributed by atoms with Crippen LogP contribution in [0.3, 0.4) is 0 Å². The van der Waals surface area contributed by atoms with Gasteiger partial charge in [-0.1, -0.05) is 0 Å². The second-order valence-electron chi connectivity index (χ2n) is 6.07. The second-order valence-corrected chi connectivity index (χ2v) is 6.07. The highest BCUT2D eigenvalue weighted by atomic mass is 16.6. The van der Waals surface area contributed by atoms with Crippen LogP contribution >= 0.6 is 0 Å². The summed E-state index contributed by atoms with van der Waals surface area (Å²) in [7, 11) is 0. The van der Waals surface area contributed by atoms with Gasteiger partial charge in [0.05, 0.1) is 0 Å². The Morgan fingerprint density at radius 3 is 2.45 bits per heavy atom. The Balaban J connectivity index is 1.96. The Kier molecular flexibility index (Phi) is 4.48. The Labute approximate surface area is 128 Å². The summed E-state index contributed by atoms with van der Waals surface area (Å²) in [6.45, 7) is 7.61. The zero-order valence-corrected chi connectivity index (χ0v) is 13.0. The van der Waals surface area contributed by atoms with Gasteiger partial charge in [-0.3, -0.25) is 0 Å². The third-order valence-electron chi connectivity index (χ3n) is 3.16. The van der Waals surface area contributed by atoms with E-state index in [1.54, 1.807) is 17.0 Å².